The van der Waals surface area contributed by atoms with Crippen molar-refractivity contribution in [2.75, 3.05) is 0 Å². The molecule has 7 unspecified atom stereocenters. The van der Waals surface area contributed by atoms with Gasteiger partial charge in [0.05, 0.1) is 0 Å². The molecular weight excluding hydrogens is 562 g/mol. The van der Waals surface area contributed by atoms with Crippen LogP contribution in [0.2, 0.25) is 0 Å². The van der Waals surface area contributed by atoms with Crippen LogP contribution in [0.25, 0.3) is 0 Å². The van der Waals surface area contributed by atoms with Crippen LogP contribution in [0.3, 0.4) is 0 Å². The third-order valence-corrected chi connectivity index (χ3v) is 9.40. The number of terminal acetylenes is 1. The van der Waals surface area contributed by atoms with E-state index < -0.39 is 5.60 Å². The third kappa shape index (κ3) is 3.91. The first kappa shape index (κ1) is 24.8. The molecule has 4 nitrogen and oxygen atoms in total. The second-order valence-electron chi connectivity index (χ2n) is 10.7. The molecule has 31 heavy (non-hydrogen) atoms. The largest absolute Gasteiger partial charge is 0.633 e. The van der Waals surface area contributed by atoms with Gasteiger partial charge in [0.2, 0.25) is 0 Å². The SMILES string of the molecule is C#CC1(OC(=O)CC)CC2CCC3C4CC[C-](OC(=O)CC)C4(C)CCC3C2(C)C1.[Re]. The summed E-state index contributed by atoms with van der Waals surface area (Å²) in [5, 5.41) is 0. The maximum Gasteiger partial charge on any atom is 0.307 e. The Kier molecular flexibility index (Phi) is 7.07. The zero-order chi connectivity index (χ0) is 21.7. The number of rotatable bonds is 4. The molecule has 0 aromatic heterocycles. The van der Waals surface area contributed by atoms with Gasteiger partial charge in [0.15, 0.2) is 5.60 Å². The summed E-state index contributed by atoms with van der Waals surface area (Å²) in [6.45, 7) is 8.43. The number of esters is 2. The van der Waals surface area contributed by atoms with Crippen LogP contribution in [0, 0.1) is 52.9 Å². The van der Waals surface area contributed by atoms with Crippen molar-refractivity contribution >= 4 is 11.9 Å². The van der Waals surface area contributed by atoms with Crippen LogP contribution in [-0.2, 0) is 39.5 Å². The van der Waals surface area contributed by atoms with E-state index in [-0.39, 0.29) is 43.2 Å². The van der Waals surface area contributed by atoms with Gasteiger partial charge in [-0.05, 0) is 36.0 Å². The summed E-state index contributed by atoms with van der Waals surface area (Å²) in [5.74, 6) is 4.96. The van der Waals surface area contributed by atoms with E-state index in [1.54, 1.807) is 0 Å². The predicted molar refractivity (Wildman–Crippen MR) is 115 cm³/mol. The molecule has 0 aromatic carbocycles. The Balaban J connectivity index is 0.00000272. The van der Waals surface area contributed by atoms with Crippen molar-refractivity contribution in [1.29, 1.82) is 0 Å². The van der Waals surface area contributed by atoms with Crippen molar-refractivity contribution in [2.45, 2.75) is 97.5 Å². The monoisotopic (exact) mass is 600 g/mol. The summed E-state index contributed by atoms with van der Waals surface area (Å²) in [7, 11) is 0. The standard InChI is InChI=1S/C26H37O4.Re/c1-6-22(27)29-21-12-11-19-18-10-9-17-15-26(8-3,30-23(28)7-2)16-25(17,5)20(18)13-14-24(19,21)4;/h3,17-20H,6-7,9-16H2,1-2,4-5H3;/q-1;. The second-order valence-corrected chi connectivity index (χ2v) is 10.7. The summed E-state index contributed by atoms with van der Waals surface area (Å²) >= 11 is 0. The van der Waals surface area contributed by atoms with Gasteiger partial charge in [-0.15, -0.1) is 24.4 Å². The van der Waals surface area contributed by atoms with Gasteiger partial charge in [-0.1, -0.05) is 58.8 Å². The molecule has 0 bridgehead atoms. The van der Waals surface area contributed by atoms with Crippen LogP contribution in [0.4, 0.5) is 0 Å². The Labute approximate surface area is 201 Å². The van der Waals surface area contributed by atoms with Gasteiger partial charge in [-0.25, -0.2) is 0 Å². The average molecular weight is 600 g/mol. The van der Waals surface area contributed by atoms with E-state index in [1.165, 1.54) is 6.42 Å². The third-order valence-electron chi connectivity index (χ3n) is 9.40. The van der Waals surface area contributed by atoms with Crippen LogP contribution in [0.5, 0.6) is 0 Å². The molecule has 4 fully saturated rings. The van der Waals surface area contributed by atoms with E-state index in [1.807, 2.05) is 13.8 Å². The fraction of sp³-hybridized carbons (Fsp3) is 0.808. The summed E-state index contributed by atoms with van der Waals surface area (Å²) in [4.78, 5) is 24.1. The minimum Gasteiger partial charge on any atom is -0.633 e. The minimum absolute atomic E-state index is 0. The molecule has 4 aliphatic carbocycles. The summed E-state index contributed by atoms with van der Waals surface area (Å²) in [5.41, 5.74) is -0.592. The van der Waals surface area contributed by atoms with Crippen molar-refractivity contribution in [2.24, 2.45) is 34.5 Å². The average Bonchev–Trinajstić information content (AvgIpc) is 3.21. The van der Waals surface area contributed by atoms with E-state index in [0.717, 1.165) is 51.0 Å². The summed E-state index contributed by atoms with van der Waals surface area (Å²) in [6, 6.07) is 0. The van der Waals surface area contributed by atoms with Crippen LogP contribution < -0.4 is 0 Å². The predicted octanol–water partition coefficient (Wildman–Crippen LogP) is 5.45. The first-order valence-corrected chi connectivity index (χ1v) is 12.0. The van der Waals surface area contributed by atoms with Gasteiger partial charge in [0.1, 0.15) is 0 Å². The van der Waals surface area contributed by atoms with Crippen molar-refractivity contribution < 1.29 is 39.5 Å². The molecule has 0 saturated heterocycles. The van der Waals surface area contributed by atoms with Gasteiger partial charge in [-0.3, -0.25) is 9.59 Å². The number of hydrogen-bond donors (Lipinski definition) is 0. The van der Waals surface area contributed by atoms with Gasteiger partial charge in [-0.2, -0.15) is 0 Å². The van der Waals surface area contributed by atoms with Crippen LogP contribution in [0.15, 0.2) is 0 Å². The molecule has 0 N–H and O–H groups in total. The van der Waals surface area contributed by atoms with Crippen molar-refractivity contribution in [3.05, 3.63) is 6.10 Å². The molecule has 4 saturated carbocycles. The Morgan fingerprint density at radius 3 is 2.42 bits per heavy atom. The zero-order valence-electron chi connectivity index (χ0n) is 19.5. The fourth-order valence-electron chi connectivity index (χ4n) is 7.89. The Morgan fingerprint density at radius 2 is 1.77 bits per heavy atom. The molecule has 0 amide bonds. The second kappa shape index (κ2) is 8.84. The van der Waals surface area contributed by atoms with Crippen LogP contribution in [-0.4, -0.2) is 17.5 Å². The van der Waals surface area contributed by atoms with Crippen LogP contribution in [0.1, 0.15) is 91.9 Å². The molecular formula is C26H37O4Re-. The normalized spacial score (nSPS) is 43.6. The first-order chi connectivity index (χ1) is 14.2. The minimum atomic E-state index is -0.730. The van der Waals surface area contributed by atoms with Crippen molar-refractivity contribution in [3.63, 3.8) is 0 Å². The topological polar surface area (TPSA) is 52.6 Å². The number of carbonyl (C=O) groups is 2. The van der Waals surface area contributed by atoms with E-state index in [0.29, 0.717) is 36.5 Å². The molecule has 0 spiro atoms. The smallest absolute Gasteiger partial charge is 0.307 e. The first-order valence-electron chi connectivity index (χ1n) is 12.0. The number of hydrogen-bond acceptors (Lipinski definition) is 4. The molecule has 0 aliphatic heterocycles. The molecule has 4 aliphatic rings. The molecule has 1 radical (unpaired) electrons. The molecule has 5 heteroatoms. The Morgan fingerprint density at radius 1 is 1.06 bits per heavy atom. The molecule has 0 heterocycles. The number of ether oxygens (including phenoxy) is 2. The van der Waals surface area contributed by atoms with Gasteiger partial charge in [0.25, 0.3) is 5.97 Å². The molecule has 173 valence electrons. The maximum atomic E-state index is 12.1. The van der Waals surface area contributed by atoms with Gasteiger partial charge >= 0.3 is 5.97 Å². The quantitative estimate of drug-likeness (QED) is 0.245. The van der Waals surface area contributed by atoms with Crippen LogP contribution >= 0.6 is 0 Å². The fourth-order valence-corrected chi connectivity index (χ4v) is 7.89. The Bertz CT molecular complexity index is 759. The van der Waals surface area contributed by atoms with E-state index in [2.05, 4.69) is 19.8 Å². The van der Waals surface area contributed by atoms with E-state index >= 15 is 0 Å². The number of fused-ring (bicyclic) bond motifs is 5. The molecule has 4 rings (SSSR count). The zero-order valence-corrected chi connectivity index (χ0v) is 22.2. The van der Waals surface area contributed by atoms with Crippen molar-refractivity contribution in [1.82, 2.24) is 0 Å². The molecule has 0 aromatic rings. The summed E-state index contributed by atoms with van der Waals surface area (Å²) in [6.07, 6.45) is 16.0. The van der Waals surface area contributed by atoms with Gasteiger partial charge < -0.3 is 9.47 Å². The Hall–Kier alpha value is -0.838. The van der Waals surface area contributed by atoms with Crippen molar-refractivity contribution in [3.8, 4) is 12.3 Å². The molecule has 7 atom stereocenters. The van der Waals surface area contributed by atoms with E-state index in [9.17, 15) is 9.59 Å². The van der Waals surface area contributed by atoms with E-state index in [4.69, 9.17) is 15.9 Å². The maximum absolute atomic E-state index is 12.1. The van der Waals surface area contributed by atoms with Gasteiger partial charge in [0, 0.05) is 46.1 Å². The number of carbonyl (C=O) groups excluding carboxylic acids is 2. The summed E-state index contributed by atoms with van der Waals surface area (Å²) < 4.78 is 11.7.